The molecule has 0 aromatic heterocycles. The van der Waals surface area contributed by atoms with Crippen molar-refractivity contribution in [3.63, 3.8) is 0 Å². The molecule has 0 spiro atoms. The van der Waals surface area contributed by atoms with E-state index in [1.807, 2.05) is 0 Å². The maximum absolute atomic E-state index is 12.5. The molecule has 0 radical (unpaired) electrons. The van der Waals surface area contributed by atoms with Crippen LogP contribution < -0.4 is 5.32 Å². The molecule has 7 heteroatoms. The van der Waals surface area contributed by atoms with Gasteiger partial charge in [0.15, 0.2) is 0 Å². The molecule has 2 unspecified atom stereocenters. The topological polar surface area (TPSA) is 104 Å². The number of allylic oxidation sites excluding steroid dienone is 7. The zero-order valence-electron chi connectivity index (χ0n) is 32.5. The summed E-state index contributed by atoms with van der Waals surface area (Å²) < 4.78 is 32.5. The lowest BCUT2D eigenvalue weighted by Gasteiger charge is -2.21. The van der Waals surface area contributed by atoms with E-state index in [0.29, 0.717) is 6.42 Å². The van der Waals surface area contributed by atoms with Crippen molar-refractivity contribution in [1.29, 1.82) is 0 Å². The van der Waals surface area contributed by atoms with E-state index in [4.69, 9.17) is 0 Å². The minimum atomic E-state index is -4.36. The van der Waals surface area contributed by atoms with Gasteiger partial charge < -0.3 is 10.4 Å². The van der Waals surface area contributed by atoms with Gasteiger partial charge in [-0.15, -0.1) is 0 Å². The number of carbonyl (C=O) groups is 1. The van der Waals surface area contributed by atoms with Crippen molar-refractivity contribution in [2.75, 3.05) is 5.75 Å². The molecule has 0 aromatic rings. The number of amides is 1. The minimum Gasteiger partial charge on any atom is -0.387 e. The van der Waals surface area contributed by atoms with Crippen molar-refractivity contribution >= 4 is 16.0 Å². The van der Waals surface area contributed by atoms with Crippen LogP contribution in [0.3, 0.4) is 0 Å². The molecule has 292 valence electrons. The summed E-state index contributed by atoms with van der Waals surface area (Å²) in [5, 5.41) is 13.2. The van der Waals surface area contributed by atoms with Crippen LogP contribution in [0.25, 0.3) is 0 Å². The van der Waals surface area contributed by atoms with Crippen molar-refractivity contribution in [3.05, 3.63) is 48.6 Å². The van der Waals surface area contributed by atoms with E-state index < -0.39 is 28.0 Å². The highest BCUT2D eigenvalue weighted by Gasteiger charge is 2.24. The Morgan fingerprint density at radius 1 is 0.520 bits per heavy atom. The summed E-state index contributed by atoms with van der Waals surface area (Å²) >= 11 is 0. The summed E-state index contributed by atoms with van der Waals surface area (Å²) in [4.78, 5) is 12.5. The molecule has 0 aliphatic carbocycles. The van der Waals surface area contributed by atoms with Crippen molar-refractivity contribution in [3.8, 4) is 0 Å². The second-order valence-electron chi connectivity index (χ2n) is 14.2. The van der Waals surface area contributed by atoms with Gasteiger partial charge >= 0.3 is 0 Å². The molecule has 0 fully saturated rings. The van der Waals surface area contributed by atoms with Crippen LogP contribution in [-0.4, -0.2) is 41.9 Å². The second-order valence-corrected chi connectivity index (χ2v) is 15.7. The molecule has 0 rings (SSSR count). The van der Waals surface area contributed by atoms with Crippen LogP contribution in [-0.2, 0) is 14.9 Å². The molecule has 0 heterocycles. The van der Waals surface area contributed by atoms with Crippen LogP contribution in [0.1, 0.15) is 200 Å². The number of hydrogen-bond acceptors (Lipinski definition) is 4. The first-order valence-electron chi connectivity index (χ1n) is 20.8. The summed E-state index contributed by atoms with van der Waals surface area (Å²) in [6.45, 7) is 4.51. The number of aliphatic hydroxyl groups is 1. The molecular weight excluding hydrogens is 643 g/mol. The van der Waals surface area contributed by atoms with E-state index in [9.17, 15) is 22.9 Å². The number of rotatable bonds is 37. The first-order chi connectivity index (χ1) is 24.3. The Hall–Kier alpha value is -1.70. The van der Waals surface area contributed by atoms with Crippen LogP contribution in [0.15, 0.2) is 48.6 Å². The Bertz CT molecular complexity index is 972. The van der Waals surface area contributed by atoms with E-state index in [-0.39, 0.29) is 12.3 Å². The summed E-state index contributed by atoms with van der Waals surface area (Å²) in [5.74, 6) is -1.01. The predicted octanol–water partition coefficient (Wildman–Crippen LogP) is 12.3. The normalized spacial score (nSPS) is 13.8. The zero-order chi connectivity index (χ0) is 36.8. The molecule has 50 heavy (non-hydrogen) atoms. The van der Waals surface area contributed by atoms with Gasteiger partial charge in [-0.2, -0.15) is 8.42 Å². The third-order valence-electron chi connectivity index (χ3n) is 9.21. The summed E-state index contributed by atoms with van der Waals surface area (Å²) in [7, 11) is -4.36. The third kappa shape index (κ3) is 37.6. The molecule has 0 bridgehead atoms. The van der Waals surface area contributed by atoms with Crippen molar-refractivity contribution in [2.24, 2.45) is 0 Å². The second kappa shape index (κ2) is 37.1. The number of nitrogens with one attached hydrogen (secondary N) is 1. The van der Waals surface area contributed by atoms with Gasteiger partial charge in [-0.1, -0.05) is 172 Å². The average Bonchev–Trinajstić information content (AvgIpc) is 3.08. The molecule has 0 aromatic carbocycles. The van der Waals surface area contributed by atoms with Crippen molar-refractivity contribution < 1.29 is 22.9 Å². The van der Waals surface area contributed by atoms with Gasteiger partial charge in [0.2, 0.25) is 5.91 Å². The smallest absolute Gasteiger partial charge is 0.267 e. The van der Waals surface area contributed by atoms with E-state index in [0.717, 1.165) is 51.4 Å². The van der Waals surface area contributed by atoms with Crippen LogP contribution in [0.4, 0.5) is 0 Å². The van der Waals surface area contributed by atoms with Crippen molar-refractivity contribution in [2.45, 2.75) is 212 Å². The molecule has 0 aliphatic rings. The lowest BCUT2D eigenvalue weighted by molar-refractivity contribution is -0.122. The first-order valence-corrected chi connectivity index (χ1v) is 22.4. The van der Waals surface area contributed by atoms with Crippen LogP contribution in [0, 0.1) is 0 Å². The van der Waals surface area contributed by atoms with E-state index in [2.05, 4.69) is 55.6 Å². The van der Waals surface area contributed by atoms with E-state index in [1.54, 1.807) is 6.08 Å². The maximum Gasteiger partial charge on any atom is 0.267 e. The van der Waals surface area contributed by atoms with Gasteiger partial charge in [0, 0.05) is 6.42 Å². The molecule has 1 amide bonds. The Morgan fingerprint density at radius 3 is 1.26 bits per heavy atom. The number of hydrogen-bond donors (Lipinski definition) is 3. The van der Waals surface area contributed by atoms with Crippen molar-refractivity contribution in [1.82, 2.24) is 5.32 Å². The lowest BCUT2D eigenvalue weighted by atomic mass is 10.1. The number of carbonyl (C=O) groups excluding carboxylic acids is 1. The quantitative estimate of drug-likeness (QED) is 0.0336. The minimum absolute atomic E-state index is 0.279. The standard InChI is InChI=1S/C43H79NO5S/c1-3-5-7-9-11-13-15-17-19-21-23-25-27-29-31-33-35-37-39-43(46)44-41(40-50(47,48)49)42(45)38-36-34-32-30-28-26-24-22-20-18-16-14-12-10-8-6-4-2/h19-22,28,30,36,38,41-42,45H,3-18,23-27,29,31-35,37,39-40H2,1-2H3,(H,44,46)(H,47,48,49)/b21-19-,22-20+,30-28+,38-36+. The van der Waals surface area contributed by atoms with E-state index >= 15 is 0 Å². The predicted molar refractivity (Wildman–Crippen MR) is 216 cm³/mol. The highest BCUT2D eigenvalue weighted by Crippen LogP contribution is 2.13. The summed E-state index contributed by atoms with van der Waals surface area (Å²) in [5.41, 5.74) is 0. The molecule has 0 aliphatic heterocycles. The van der Waals surface area contributed by atoms with Gasteiger partial charge in [0.1, 0.15) is 0 Å². The first kappa shape index (κ1) is 48.3. The fourth-order valence-corrected chi connectivity index (χ4v) is 6.80. The van der Waals surface area contributed by atoms with Gasteiger partial charge in [0.05, 0.1) is 17.9 Å². The van der Waals surface area contributed by atoms with Gasteiger partial charge in [-0.05, 0) is 70.6 Å². The molecule has 3 N–H and O–H groups in total. The molecule has 6 nitrogen and oxygen atoms in total. The molecule has 2 atom stereocenters. The average molecular weight is 722 g/mol. The Labute approximate surface area is 309 Å². The summed E-state index contributed by atoms with van der Waals surface area (Å²) in [6.07, 6.45) is 49.5. The zero-order valence-corrected chi connectivity index (χ0v) is 33.3. The largest absolute Gasteiger partial charge is 0.387 e. The Balaban J connectivity index is 4.00. The van der Waals surface area contributed by atoms with Gasteiger partial charge in [0.25, 0.3) is 10.1 Å². The SMILES string of the molecule is CCCCCCCCC/C=C\CCCCCCCCCC(=O)NC(CS(=O)(=O)O)C(O)/C=C/CC/C=C/CC/C=C/CCCCCCCCC. The van der Waals surface area contributed by atoms with Gasteiger partial charge in [-0.25, -0.2) is 0 Å². The number of aliphatic hydroxyl groups excluding tert-OH is 1. The third-order valence-corrected chi connectivity index (χ3v) is 9.99. The van der Waals surface area contributed by atoms with Crippen LogP contribution in [0.2, 0.25) is 0 Å². The molecule has 0 saturated heterocycles. The molecular formula is C43H79NO5S. The highest BCUT2D eigenvalue weighted by atomic mass is 32.2. The Kier molecular flexibility index (Phi) is 35.8. The monoisotopic (exact) mass is 722 g/mol. The Morgan fingerprint density at radius 2 is 0.860 bits per heavy atom. The summed E-state index contributed by atoms with van der Waals surface area (Å²) in [6, 6.07) is -1.08. The molecule has 0 saturated carbocycles. The van der Waals surface area contributed by atoms with Crippen LogP contribution >= 0.6 is 0 Å². The fraction of sp³-hybridized carbons (Fsp3) is 0.791. The number of unbranched alkanes of at least 4 members (excludes halogenated alkanes) is 23. The van der Waals surface area contributed by atoms with Gasteiger partial charge in [-0.3, -0.25) is 9.35 Å². The van der Waals surface area contributed by atoms with E-state index in [1.165, 1.54) is 128 Å². The maximum atomic E-state index is 12.5. The van der Waals surface area contributed by atoms with Crippen LogP contribution in [0.5, 0.6) is 0 Å². The fourth-order valence-electron chi connectivity index (χ4n) is 6.06. The lowest BCUT2D eigenvalue weighted by Crippen LogP contribution is -2.46. The highest BCUT2D eigenvalue weighted by molar-refractivity contribution is 7.85.